The summed E-state index contributed by atoms with van der Waals surface area (Å²) < 4.78 is 5.48. The molecule has 4 rings (SSSR count). The highest BCUT2D eigenvalue weighted by atomic mass is 32.1. The summed E-state index contributed by atoms with van der Waals surface area (Å²) in [6.45, 7) is 1.51. The van der Waals surface area contributed by atoms with Crippen LogP contribution in [0.2, 0.25) is 0 Å². The smallest absolute Gasteiger partial charge is 0.272 e. The molecule has 0 aromatic carbocycles. The lowest BCUT2D eigenvalue weighted by Gasteiger charge is -2.30. The topological polar surface area (TPSA) is 67.0 Å². The Morgan fingerprint density at radius 1 is 1.24 bits per heavy atom. The highest BCUT2D eigenvalue weighted by Gasteiger charge is 2.28. The van der Waals surface area contributed by atoms with Gasteiger partial charge in [-0.3, -0.25) is 9.89 Å². The molecule has 3 aromatic heterocycles. The molecule has 1 fully saturated rings. The summed E-state index contributed by atoms with van der Waals surface area (Å²) in [5.41, 5.74) is 1.30. The van der Waals surface area contributed by atoms with Crippen molar-refractivity contribution >= 4 is 28.6 Å². The number of amides is 1. The van der Waals surface area contributed by atoms with Crippen molar-refractivity contribution in [1.82, 2.24) is 15.5 Å². The van der Waals surface area contributed by atoms with Crippen molar-refractivity contribution in [2.24, 2.45) is 5.92 Å². The van der Waals surface area contributed by atoms with Crippen LogP contribution in [0.3, 0.4) is 0 Å². The maximum absolute atomic E-state index is 12.8. The van der Waals surface area contributed by atoms with Crippen LogP contribution in [0.5, 0.6) is 0 Å². The number of carbonyl (C=O) groups excluding carboxylic acids is 1. The van der Waals surface area contributed by atoms with Crippen molar-refractivity contribution in [3.8, 4) is 10.6 Å². The lowest BCUT2D eigenvalue weighted by Crippen LogP contribution is -2.35. The summed E-state index contributed by atoms with van der Waals surface area (Å²) in [5.74, 6) is 0.260. The van der Waals surface area contributed by atoms with Crippen LogP contribution in [-0.2, 0) is 4.74 Å². The number of hydrogen-bond acceptors (Lipinski definition) is 5. The Morgan fingerprint density at radius 2 is 2.04 bits per heavy atom. The van der Waals surface area contributed by atoms with Gasteiger partial charge in [0.05, 0.1) is 16.6 Å². The van der Waals surface area contributed by atoms with Crippen LogP contribution in [0.25, 0.3) is 10.6 Å². The van der Waals surface area contributed by atoms with Gasteiger partial charge in [-0.25, -0.2) is 0 Å². The Balaban J connectivity index is 1.52. The van der Waals surface area contributed by atoms with E-state index in [1.807, 2.05) is 29.6 Å². The van der Waals surface area contributed by atoms with Gasteiger partial charge in [-0.05, 0) is 47.7 Å². The van der Waals surface area contributed by atoms with E-state index in [1.165, 1.54) is 4.88 Å². The Morgan fingerprint density at radius 3 is 2.76 bits per heavy atom. The molecule has 130 valence electrons. The zero-order valence-electron chi connectivity index (χ0n) is 13.6. The third-order valence-electron chi connectivity index (χ3n) is 4.47. The standard InChI is InChI=1S/C18H19N3O2S2/c22-18(14-11-13(20-21-14)15-3-1-9-24-15)19-17(16-4-2-10-25-16)12-5-7-23-8-6-12/h1-4,9-12,17H,5-8H2,(H,19,22)(H,20,21). The van der Waals surface area contributed by atoms with E-state index in [-0.39, 0.29) is 11.9 Å². The summed E-state index contributed by atoms with van der Waals surface area (Å²) in [7, 11) is 0. The van der Waals surface area contributed by atoms with Gasteiger partial charge in [-0.1, -0.05) is 12.1 Å². The normalized spacial score (nSPS) is 16.6. The third-order valence-corrected chi connectivity index (χ3v) is 6.33. The largest absolute Gasteiger partial charge is 0.381 e. The molecule has 1 aliphatic heterocycles. The second-order valence-electron chi connectivity index (χ2n) is 6.06. The fourth-order valence-corrected chi connectivity index (χ4v) is 4.71. The Labute approximate surface area is 154 Å². The second kappa shape index (κ2) is 7.51. The molecule has 3 aromatic rings. The lowest BCUT2D eigenvalue weighted by atomic mass is 9.90. The molecule has 4 heterocycles. The van der Waals surface area contributed by atoms with Crippen molar-refractivity contribution in [2.75, 3.05) is 13.2 Å². The van der Waals surface area contributed by atoms with Crippen LogP contribution in [0.15, 0.2) is 41.1 Å². The average molecular weight is 374 g/mol. The number of rotatable bonds is 5. The predicted octanol–water partition coefficient (Wildman–Crippen LogP) is 4.10. The van der Waals surface area contributed by atoms with Gasteiger partial charge in [-0.15, -0.1) is 22.7 Å². The van der Waals surface area contributed by atoms with Crippen molar-refractivity contribution in [3.63, 3.8) is 0 Å². The molecule has 1 amide bonds. The first-order valence-corrected chi connectivity index (χ1v) is 10.1. The van der Waals surface area contributed by atoms with E-state index in [0.717, 1.165) is 36.6 Å². The first-order valence-electron chi connectivity index (χ1n) is 8.32. The highest BCUT2D eigenvalue weighted by molar-refractivity contribution is 7.13. The highest BCUT2D eigenvalue weighted by Crippen LogP contribution is 2.33. The number of thiophene rings is 2. The Kier molecular flexibility index (Phi) is 4.96. The van der Waals surface area contributed by atoms with Crippen LogP contribution < -0.4 is 5.32 Å². The molecule has 1 aliphatic rings. The van der Waals surface area contributed by atoms with E-state index in [9.17, 15) is 4.79 Å². The van der Waals surface area contributed by atoms with Gasteiger partial charge < -0.3 is 10.1 Å². The van der Waals surface area contributed by atoms with Crippen LogP contribution >= 0.6 is 22.7 Å². The zero-order chi connectivity index (χ0) is 17.1. The summed E-state index contributed by atoms with van der Waals surface area (Å²) in [6.07, 6.45) is 1.92. The molecule has 0 saturated carbocycles. The summed E-state index contributed by atoms with van der Waals surface area (Å²) in [4.78, 5) is 15.0. The summed E-state index contributed by atoms with van der Waals surface area (Å²) in [6, 6.07) is 9.94. The van der Waals surface area contributed by atoms with Crippen molar-refractivity contribution < 1.29 is 9.53 Å². The number of aromatic amines is 1. The van der Waals surface area contributed by atoms with Crippen LogP contribution in [0.4, 0.5) is 0 Å². The van der Waals surface area contributed by atoms with Gasteiger partial charge >= 0.3 is 0 Å². The predicted molar refractivity (Wildman–Crippen MR) is 100.0 cm³/mol. The summed E-state index contributed by atoms with van der Waals surface area (Å²) >= 11 is 3.30. The lowest BCUT2D eigenvalue weighted by molar-refractivity contribution is 0.0517. The van der Waals surface area contributed by atoms with Crippen molar-refractivity contribution in [1.29, 1.82) is 0 Å². The van der Waals surface area contributed by atoms with E-state index in [4.69, 9.17) is 4.74 Å². The fraction of sp³-hybridized carbons (Fsp3) is 0.333. The zero-order valence-corrected chi connectivity index (χ0v) is 15.2. The van der Waals surface area contributed by atoms with Crippen molar-refractivity contribution in [2.45, 2.75) is 18.9 Å². The number of nitrogens with zero attached hydrogens (tertiary/aromatic N) is 1. The first kappa shape index (κ1) is 16.5. The minimum Gasteiger partial charge on any atom is -0.381 e. The minimum absolute atomic E-state index is 0.0123. The second-order valence-corrected chi connectivity index (χ2v) is 7.99. The first-order chi connectivity index (χ1) is 12.3. The number of nitrogens with one attached hydrogen (secondary N) is 2. The monoisotopic (exact) mass is 373 g/mol. The van der Waals surface area contributed by atoms with Gasteiger partial charge in [0.15, 0.2) is 5.69 Å². The fourth-order valence-electron chi connectivity index (χ4n) is 3.15. The van der Waals surface area contributed by atoms with Gasteiger partial charge in [0.1, 0.15) is 0 Å². The molecule has 7 heteroatoms. The van der Waals surface area contributed by atoms with Gasteiger partial charge in [-0.2, -0.15) is 5.10 Å². The van der Waals surface area contributed by atoms with E-state index in [0.29, 0.717) is 11.6 Å². The van der Waals surface area contributed by atoms with Gasteiger partial charge in [0, 0.05) is 18.1 Å². The van der Waals surface area contributed by atoms with E-state index in [1.54, 1.807) is 22.7 Å². The van der Waals surface area contributed by atoms with Crippen molar-refractivity contribution in [3.05, 3.63) is 51.7 Å². The molecular weight excluding hydrogens is 354 g/mol. The molecule has 0 bridgehead atoms. The molecule has 1 atom stereocenters. The average Bonchev–Trinajstić information content (AvgIpc) is 3.42. The number of carbonyl (C=O) groups is 1. The molecule has 0 radical (unpaired) electrons. The van der Waals surface area contributed by atoms with E-state index in [2.05, 4.69) is 27.0 Å². The molecule has 5 nitrogen and oxygen atoms in total. The Hall–Kier alpha value is -1.96. The molecule has 1 saturated heterocycles. The third kappa shape index (κ3) is 3.68. The van der Waals surface area contributed by atoms with Gasteiger partial charge in [0.2, 0.25) is 0 Å². The number of hydrogen-bond donors (Lipinski definition) is 2. The number of H-pyrrole nitrogens is 1. The molecule has 1 unspecified atom stereocenters. The van der Waals surface area contributed by atoms with E-state index >= 15 is 0 Å². The Bertz CT molecular complexity index is 805. The van der Waals surface area contributed by atoms with Crippen LogP contribution in [0, 0.1) is 5.92 Å². The molecule has 2 N–H and O–H groups in total. The SMILES string of the molecule is O=C(NC(c1cccs1)C1CCOCC1)c1cc(-c2cccs2)[nH]n1. The minimum atomic E-state index is -0.135. The van der Waals surface area contributed by atoms with Crippen LogP contribution in [-0.4, -0.2) is 29.3 Å². The van der Waals surface area contributed by atoms with Gasteiger partial charge in [0.25, 0.3) is 5.91 Å². The molecule has 25 heavy (non-hydrogen) atoms. The van der Waals surface area contributed by atoms with Crippen LogP contribution in [0.1, 0.15) is 34.2 Å². The molecular formula is C18H19N3O2S2. The maximum atomic E-state index is 12.8. The summed E-state index contributed by atoms with van der Waals surface area (Å²) in [5, 5.41) is 14.4. The number of ether oxygens (including phenoxy) is 1. The quantitative estimate of drug-likeness (QED) is 0.708. The molecule has 0 aliphatic carbocycles. The number of aromatic nitrogens is 2. The molecule has 0 spiro atoms. The van der Waals surface area contributed by atoms with E-state index < -0.39 is 0 Å². The maximum Gasteiger partial charge on any atom is 0.272 e.